The fourth-order valence-corrected chi connectivity index (χ4v) is 8.41. The van der Waals surface area contributed by atoms with Crippen molar-refractivity contribution in [2.75, 3.05) is 0 Å². The molecular weight excluding hydrogens is 850 g/mol. The van der Waals surface area contributed by atoms with Crippen LogP contribution >= 0.6 is 11.3 Å². The topological polar surface area (TPSA) is 30.9 Å². The summed E-state index contributed by atoms with van der Waals surface area (Å²) in [5.41, 5.74) is 11.5. The smallest absolute Gasteiger partial charge is 0.268 e. The van der Waals surface area contributed by atoms with Crippen LogP contribution in [0.5, 0.6) is 11.5 Å². The van der Waals surface area contributed by atoms with Crippen molar-refractivity contribution in [1.29, 1.82) is 0 Å². The number of pyridine rings is 1. The minimum Gasteiger partial charge on any atom is -0.503 e. The fraction of sp³-hybridized carbons (Fsp3) is 0.0638. The van der Waals surface area contributed by atoms with Gasteiger partial charge < -0.3 is 14.3 Å². The number of imidazole rings is 1. The maximum atomic E-state index is 6.64. The van der Waals surface area contributed by atoms with Crippen LogP contribution in [0.1, 0.15) is 16.7 Å². The van der Waals surface area contributed by atoms with Crippen LogP contribution in [0.4, 0.5) is 0 Å². The standard InChI is InChI=1S/C47H33N3OS.Pt/c1-31-25-32(2)45(33(3)26-31)50-30-49(46(34-15-6-4-7-16-34)47(50)35-17-8-5-9-18-35)36-19-14-20-37(27-36)51-38-28-40(41-22-12-13-24-48-41)44-39-21-10-11-23-42(39)52-43(44)29-38;/h4-26,29H,1-3H3;/q-2;. The maximum absolute atomic E-state index is 6.64. The Bertz CT molecular complexity index is 2710. The van der Waals surface area contributed by atoms with Crippen LogP contribution in [-0.4, -0.2) is 9.55 Å². The summed E-state index contributed by atoms with van der Waals surface area (Å²) in [5.74, 6) is 1.19. The zero-order valence-corrected chi connectivity index (χ0v) is 32.4. The van der Waals surface area contributed by atoms with Crippen LogP contribution in [0.25, 0.3) is 65.3 Å². The summed E-state index contributed by atoms with van der Waals surface area (Å²) in [6.07, 6.45) is 5.60. The number of fused-ring (bicyclic) bond motifs is 3. The van der Waals surface area contributed by atoms with Gasteiger partial charge in [-0.05, 0) is 76.6 Å². The van der Waals surface area contributed by atoms with Crippen LogP contribution < -0.4 is 9.30 Å². The van der Waals surface area contributed by atoms with Crippen LogP contribution in [0.3, 0.4) is 0 Å². The number of nitrogens with zero attached hydrogens (tertiary/aromatic N) is 3. The molecule has 9 aromatic rings. The van der Waals surface area contributed by atoms with E-state index in [0.29, 0.717) is 11.5 Å². The average molecular weight is 883 g/mol. The van der Waals surface area contributed by atoms with E-state index >= 15 is 0 Å². The summed E-state index contributed by atoms with van der Waals surface area (Å²) in [6.45, 7) is 6.49. The molecule has 0 fully saturated rings. The maximum Gasteiger partial charge on any atom is 0.268 e. The number of ether oxygens (including phenoxy) is 1. The van der Waals surface area contributed by atoms with E-state index in [-0.39, 0.29) is 21.1 Å². The van der Waals surface area contributed by atoms with Gasteiger partial charge in [0.25, 0.3) is 6.33 Å². The van der Waals surface area contributed by atoms with Gasteiger partial charge in [-0.3, -0.25) is 4.57 Å². The third-order valence-electron chi connectivity index (χ3n) is 9.34. The van der Waals surface area contributed by atoms with Gasteiger partial charge in [-0.1, -0.05) is 126 Å². The van der Waals surface area contributed by atoms with Gasteiger partial charge in [0.1, 0.15) is 0 Å². The molecule has 0 radical (unpaired) electrons. The number of hydrogen-bond donors (Lipinski definition) is 0. The van der Waals surface area contributed by atoms with Crippen LogP contribution in [0.15, 0.2) is 146 Å². The number of aryl methyl sites for hydroxylation is 3. The molecule has 0 aliphatic carbocycles. The van der Waals surface area contributed by atoms with Crippen molar-refractivity contribution in [3.8, 4) is 56.6 Å². The minimum atomic E-state index is 0. The molecule has 9 rings (SSSR count). The van der Waals surface area contributed by atoms with Gasteiger partial charge in [-0.15, -0.1) is 17.7 Å². The van der Waals surface area contributed by atoms with Crippen molar-refractivity contribution in [1.82, 2.24) is 9.55 Å². The summed E-state index contributed by atoms with van der Waals surface area (Å²) in [4.78, 5) is 4.70. The molecule has 0 saturated heterocycles. The van der Waals surface area contributed by atoms with Crippen LogP contribution in [0, 0.1) is 39.2 Å². The summed E-state index contributed by atoms with van der Waals surface area (Å²) in [6, 6.07) is 55.3. The van der Waals surface area contributed by atoms with Gasteiger partial charge in [0.2, 0.25) is 0 Å². The first-order valence-corrected chi connectivity index (χ1v) is 18.1. The van der Waals surface area contributed by atoms with E-state index in [9.17, 15) is 0 Å². The van der Waals surface area contributed by atoms with E-state index in [1.807, 2.05) is 36.5 Å². The van der Waals surface area contributed by atoms with Gasteiger partial charge in [-0.2, -0.15) is 23.5 Å². The van der Waals surface area contributed by atoms with Crippen LogP contribution in [-0.2, 0) is 21.1 Å². The van der Waals surface area contributed by atoms with Crippen molar-refractivity contribution in [2.45, 2.75) is 20.8 Å². The summed E-state index contributed by atoms with van der Waals surface area (Å²) in [5, 5.41) is 2.33. The Morgan fingerprint density at radius 1 is 0.660 bits per heavy atom. The zero-order valence-electron chi connectivity index (χ0n) is 29.3. The molecular formula is C47H33N3OPtS-2. The van der Waals surface area contributed by atoms with Crippen molar-refractivity contribution < 1.29 is 30.4 Å². The molecule has 0 unspecified atom stereocenters. The molecule has 0 bridgehead atoms. The van der Waals surface area contributed by atoms with Crippen molar-refractivity contribution in [3.63, 3.8) is 0 Å². The Labute approximate surface area is 327 Å². The predicted octanol–water partition coefficient (Wildman–Crippen LogP) is 11.6. The number of benzene rings is 6. The summed E-state index contributed by atoms with van der Waals surface area (Å²) >= 11 is 1.75. The predicted molar refractivity (Wildman–Crippen MR) is 212 cm³/mol. The normalized spacial score (nSPS) is 11.2. The molecule has 0 N–H and O–H groups in total. The quantitative estimate of drug-likeness (QED) is 0.118. The molecule has 3 heterocycles. The van der Waals surface area contributed by atoms with E-state index in [2.05, 4.69) is 158 Å². The Morgan fingerprint density at radius 3 is 2.09 bits per heavy atom. The van der Waals surface area contributed by atoms with Gasteiger partial charge in [0, 0.05) is 43.5 Å². The minimum absolute atomic E-state index is 0. The molecule has 53 heavy (non-hydrogen) atoms. The third-order valence-corrected chi connectivity index (χ3v) is 10.5. The van der Waals surface area contributed by atoms with Crippen molar-refractivity contribution in [3.05, 3.63) is 181 Å². The molecule has 0 amide bonds. The van der Waals surface area contributed by atoms with Crippen molar-refractivity contribution in [2.24, 2.45) is 0 Å². The van der Waals surface area contributed by atoms with E-state index in [4.69, 9.17) is 9.72 Å². The third kappa shape index (κ3) is 6.41. The first kappa shape index (κ1) is 34.5. The largest absolute Gasteiger partial charge is 0.503 e. The Hall–Kier alpha value is -5.61. The fourth-order valence-electron chi connectivity index (χ4n) is 7.26. The molecule has 6 aromatic carbocycles. The number of rotatable bonds is 7. The second-order valence-electron chi connectivity index (χ2n) is 13.0. The Kier molecular flexibility index (Phi) is 9.38. The molecule has 0 aliphatic rings. The second-order valence-corrected chi connectivity index (χ2v) is 14.1. The molecule has 260 valence electrons. The molecule has 0 aliphatic heterocycles. The number of aromatic nitrogens is 3. The Morgan fingerprint density at radius 2 is 1.36 bits per heavy atom. The van der Waals surface area contributed by atoms with E-state index in [1.165, 1.54) is 26.8 Å². The number of hydrogen-bond acceptors (Lipinski definition) is 3. The van der Waals surface area contributed by atoms with Gasteiger partial charge in [0.15, 0.2) is 0 Å². The second kappa shape index (κ2) is 14.4. The number of thiophene rings is 1. The van der Waals surface area contributed by atoms with Gasteiger partial charge >= 0.3 is 0 Å². The molecule has 3 aromatic heterocycles. The Balaban J connectivity index is 0.00000400. The molecule has 4 nitrogen and oxygen atoms in total. The van der Waals surface area contributed by atoms with E-state index in [0.717, 1.165) is 55.2 Å². The molecule has 0 atom stereocenters. The SMILES string of the molecule is Cc1cc(C)c(-[n+]2[c-]n(-c3[c-]c(Oc4[c-]c(-c5ccccn5)c5c(c4)sc4ccccc45)ccc3)c(-c3ccccc3)c2-c2ccccc2)c(C)c1.[Pt]. The average Bonchev–Trinajstić information content (AvgIpc) is 3.74. The first-order valence-electron chi connectivity index (χ1n) is 17.3. The molecule has 0 spiro atoms. The summed E-state index contributed by atoms with van der Waals surface area (Å²) in [7, 11) is 0. The first-order chi connectivity index (χ1) is 25.5. The molecule has 6 heteroatoms. The van der Waals surface area contributed by atoms with Crippen molar-refractivity contribution >= 4 is 31.5 Å². The van der Waals surface area contributed by atoms with Gasteiger partial charge in [0.05, 0.1) is 17.1 Å². The van der Waals surface area contributed by atoms with Gasteiger partial charge in [-0.25, -0.2) is 0 Å². The monoisotopic (exact) mass is 882 g/mol. The van der Waals surface area contributed by atoms with E-state index in [1.54, 1.807) is 11.3 Å². The van der Waals surface area contributed by atoms with E-state index < -0.39 is 0 Å². The molecule has 0 saturated carbocycles. The van der Waals surface area contributed by atoms with Crippen LogP contribution in [0.2, 0.25) is 0 Å². The zero-order chi connectivity index (χ0) is 35.2. The summed E-state index contributed by atoms with van der Waals surface area (Å²) < 4.78 is 13.3.